The minimum absolute atomic E-state index is 0.122. The second-order valence-electron chi connectivity index (χ2n) is 6.68. The van der Waals surface area contributed by atoms with Gasteiger partial charge in [-0.25, -0.2) is 14.0 Å². The number of benzene rings is 1. The molecule has 3 aromatic heterocycles. The number of nitrogens with zero attached hydrogens (tertiary/aromatic N) is 10. The molecule has 4 aromatic rings. The standard InChI is InChI=1S/C15H14N10O2/c1-8(6-23-7-16-19-22-23)24-14(26)10-4-13-11(5-12(10)17-20-24)15(27)25(21-18-13)9-2-3-9/h4-5,7-9H,2-3,6H2,1H3/t8-/m1/s1. The molecule has 1 fully saturated rings. The molecule has 1 aromatic carbocycles. The molecule has 3 heterocycles. The van der Waals surface area contributed by atoms with Crippen LogP contribution >= 0.6 is 0 Å². The number of aromatic nitrogens is 10. The fourth-order valence-corrected chi connectivity index (χ4v) is 3.06. The molecule has 0 N–H and O–H groups in total. The first-order chi connectivity index (χ1) is 13.1. The average molecular weight is 366 g/mol. The van der Waals surface area contributed by atoms with Crippen molar-refractivity contribution in [3.8, 4) is 0 Å². The highest BCUT2D eigenvalue weighted by Crippen LogP contribution is 2.32. The van der Waals surface area contributed by atoms with Gasteiger partial charge in [0.15, 0.2) is 0 Å². The molecule has 0 saturated heterocycles. The van der Waals surface area contributed by atoms with Crippen LogP contribution in [0.25, 0.3) is 21.8 Å². The number of hydrogen-bond donors (Lipinski definition) is 0. The fourth-order valence-electron chi connectivity index (χ4n) is 3.06. The summed E-state index contributed by atoms with van der Waals surface area (Å²) in [5, 5.41) is 27.9. The third-order valence-electron chi connectivity index (χ3n) is 4.64. The van der Waals surface area contributed by atoms with Crippen LogP contribution in [-0.4, -0.2) is 50.2 Å². The maximum atomic E-state index is 12.9. The minimum Gasteiger partial charge on any atom is -0.267 e. The Morgan fingerprint density at radius 1 is 1.04 bits per heavy atom. The summed E-state index contributed by atoms with van der Waals surface area (Å²) in [5.74, 6) is 0. The fraction of sp³-hybridized carbons (Fsp3) is 0.400. The van der Waals surface area contributed by atoms with Gasteiger partial charge in [0, 0.05) is 0 Å². The zero-order chi connectivity index (χ0) is 18.5. The highest BCUT2D eigenvalue weighted by atomic mass is 16.1. The van der Waals surface area contributed by atoms with Crippen molar-refractivity contribution in [3.05, 3.63) is 39.2 Å². The van der Waals surface area contributed by atoms with E-state index in [1.807, 2.05) is 6.92 Å². The molecule has 0 amide bonds. The molecule has 12 heteroatoms. The molecule has 5 rings (SSSR count). The van der Waals surface area contributed by atoms with E-state index in [-0.39, 0.29) is 23.2 Å². The first-order valence-electron chi connectivity index (χ1n) is 8.51. The van der Waals surface area contributed by atoms with Crippen molar-refractivity contribution in [2.45, 2.75) is 38.4 Å². The number of hydrogen-bond acceptors (Lipinski definition) is 9. The lowest BCUT2D eigenvalue weighted by atomic mass is 10.2. The Balaban J connectivity index is 1.63. The first-order valence-corrected chi connectivity index (χ1v) is 8.51. The Kier molecular flexibility index (Phi) is 3.32. The molecule has 1 atom stereocenters. The molecule has 0 aliphatic heterocycles. The predicted octanol–water partition coefficient (Wildman–Crippen LogP) is -0.521. The van der Waals surface area contributed by atoms with E-state index in [1.165, 1.54) is 20.4 Å². The normalized spacial score (nSPS) is 15.4. The molecule has 136 valence electrons. The Morgan fingerprint density at radius 2 is 1.74 bits per heavy atom. The van der Waals surface area contributed by atoms with Crippen LogP contribution in [0.3, 0.4) is 0 Å². The number of tetrazole rings is 1. The Morgan fingerprint density at radius 3 is 2.41 bits per heavy atom. The van der Waals surface area contributed by atoms with Crippen LogP contribution in [0.15, 0.2) is 28.0 Å². The largest absolute Gasteiger partial charge is 0.277 e. The lowest BCUT2D eigenvalue weighted by Crippen LogP contribution is -2.30. The van der Waals surface area contributed by atoms with Crippen molar-refractivity contribution in [2.24, 2.45) is 0 Å². The van der Waals surface area contributed by atoms with Gasteiger partial charge in [-0.1, -0.05) is 10.4 Å². The summed E-state index contributed by atoms with van der Waals surface area (Å²) in [6.45, 7) is 2.19. The van der Waals surface area contributed by atoms with Gasteiger partial charge in [-0.05, 0) is 42.3 Å². The first kappa shape index (κ1) is 15.7. The summed E-state index contributed by atoms with van der Waals surface area (Å²) in [6.07, 6.45) is 3.32. The zero-order valence-corrected chi connectivity index (χ0v) is 14.3. The van der Waals surface area contributed by atoms with Crippen LogP contribution in [0.4, 0.5) is 0 Å². The maximum Gasteiger partial charge on any atom is 0.277 e. The summed E-state index contributed by atoms with van der Waals surface area (Å²) in [7, 11) is 0. The Hall–Kier alpha value is -3.57. The maximum absolute atomic E-state index is 12.9. The van der Waals surface area contributed by atoms with Gasteiger partial charge in [0.25, 0.3) is 11.1 Å². The monoisotopic (exact) mass is 366 g/mol. The molecule has 0 bridgehead atoms. The van der Waals surface area contributed by atoms with E-state index in [0.717, 1.165) is 12.8 Å². The molecule has 0 unspecified atom stereocenters. The van der Waals surface area contributed by atoms with Crippen molar-refractivity contribution >= 4 is 21.8 Å². The van der Waals surface area contributed by atoms with Crippen molar-refractivity contribution in [1.29, 1.82) is 0 Å². The summed E-state index contributed by atoms with van der Waals surface area (Å²) >= 11 is 0. The predicted molar refractivity (Wildman–Crippen MR) is 92.0 cm³/mol. The van der Waals surface area contributed by atoms with E-state index >= 15 is 0 Å². The van der Waals surface area contributed by atoms with E-state index < -0.39 is 0 Å². The second kappa shape index (κ2) is 5.72. The average Bonchev–Trinajstić information content (AvgIpc) is 3.38. The summed E-state index contributed by atoms with van der Waals surface area (Å²) < 4.78 is 4.18. The molecule has 1 saturated carbocycles. The highest BCUT2D eigenvalue weighted by Gasteiger charge is 2.27. The minimum atomic E-state index is -0.323. The van der Waals surface area contributed by atoms with Gasteiger partial charge in [-0.15, -0.1) is 15.3 Å². The van der Waals surface area contributed by atoms with E-state index in [1.54, 1.807) is 12.1 Å². The van der Waals surface area contributed by atoms with Gasteiger partial charge in [0.2, 0.25) is 0 Å². The van der Waals surface area contributed by atoms with Gasteiger partial charge >= 0.3 is 0 Å². The van der Waals surface area contributed by atoms with E-state index in [4.69, 9.17) is 0 Å². The molecule has 1 aliphatic carbocycles. The van der Waals surface area contributed by atoms with Crippen LogP contribution in [0.2, 0.25) is 0 Å². The van der Waals surface area contributed by atoms with Crippen molar-refractivity contribution in [1.82, 2.24) is 50.2 Å². The molecule has 1 aliphatic rings. The van der Waals surface area contributed by atoms with Crippen molar-refractivity contribution in [3.63, 3.8) is 0 Å². The van der Waals surface area contributed by atoms with Gasteiger partial charge in [0.1, 0.15) is 17.4 Å². The van der Waals surface area contributed by atoms with Crippen LogP contribution in [-0.2, 0) is 6.54 Å². The summed E-state index contributed by atoms with van der Waals surface area (Å²) in [5.41, 5.74) is 0.179. The number of fused-ring (bicyclic) bond motifs is 2. The van der Waals surface area contributed by atoms with Crippen LogP contribution in [0.5, 0.6) is 0 Å². The summed E-state index contributed by atoms with van der Waals surface area (Å²) in [4.78, 5) is 25.5. The van der Waals surface area contributed by atoms with E-state index in [0.29, 0.717) is 28.4 Å². The highest BCUT2D eigenvalue weighted by molar-refractivity contribution is 5.93. The Bertz CT molecular complexity index is 1270. The molecule has 27 heavy (non-hydrogen) atoms. The smallest absolute Gasteiger partial charge is 0.267 e. The molecular weight excluding hydrogens is 352 g/mol. The van der Waals surface area contributed by atoms with E-state index in [2.05, 4.69) is 36.1 Å². The van der Waals surface area contributed by atoms with Gasteiger partial charge < -0.3 is 0 Å². The van der Waals surface area contributed by atoms with Gasteiger partial charge in [-0.3, -0.25) is 9.59 Å². The quantitative estimate of drug-likeness (QED) is 0.436. The van der Waals surface area contributed by atoms with Crippen LogP contribution < -0.4 is 11.1 Å². The topological polar surface area (TPSA) is 139 Å². The van der Waals surface area contributed by atoms with Crippen LogP contribution in [0.1, 0.15) is 31.8 Å². The SMILES string of the molecule is C[C@H](Cn1cnnn1)n1nnc2cc3c(=O)n(C4CC4)nnc3cc2c1=O. The molecule has 0 radical (unpaired) electrons. The summed E-state index contributed by atoms with van der Waals surface area (Å²) in [6, 6.07) is 2.91. The lowest BCUT2D eigenvalue weighted by molar-refractivity contribution is 0.375. The number of rotatable bonds is 4. The lowest BCUT2D eigenvalue weighted by Gasteiger charge is -2.12. The second-order valence-corrected chi connectivity index (χ2v) is 6.68. The van der Waals surface area contributed by atoms with E-state index in [9.17, 15) is 9.59 Å². The van der Waals surface area contributed by atoms with Gasteiger partial charge in [0.05, 0.1) is 29.4 Å². The molecular formula is C15H14N10O2. The van der Waals surface area contributed by atoms with Crippen LogP contribution in [0, 0.1) is 0 Å². The third-order valence-corrected chi connectivity index (χ3v) is 4.64. The van der Waals surface area contributed by atoms with Crippen molar-refractivity contribution < 1.29 is 0 Å². The van der Waals surface area contributed by atoms with Crippen molar-refractivity contribution in [2.75, 3.05) is 0 Å². The van der Waals surface area contributed by atoms with Gasteiger partial charge in [-0.2, -0.15) is 0 Å². The molecule has 0 spiro atoms. The third kappa shape index (κ3) is 2.56. The zero-order valence-electron chi connectivity index (χ0n) is 14.3. The molecule has 12 nitrogen and oxygen atoms in total. The Labute approximate surface area is 150 Å².